The zero-order chi connectivity index (χ0) is 23.4. The molecule has 1 heterocycles. The molecule has 4 rings (SSSR count). The number of hydrogen-bond donors (Lipinski definition) is 0. The van der Waals surface area contributed by atoms with Crippen LogP contribution in [0.1, 0.15) is 6.92 Å². The normalized spacial score (nSPS) is 10.6. The Morgan fingerprint density at radius 3 is 2.39 bits per heavy atom. The summed E-state index contributed by atoms with van der Waals surface area (Å²) in [7, 11) is 1.33. The molecule has 0 N–H and O–H groups in total. The minimum atomic E-state index is -0.941. The summed E-state index contributed by atoms with van der Waals surface area (Å²) in [5.41, 5.74) is -0.748. The van der Waals surface area contributed by atoms with E-state index in [1.54, 1.807) is 43.3 Å². The van der Waals surface area contributed by atoms with Gasteiger partial charge in [-0.25, -0.2) is 14.0 Å². The summed E-state index contributed by atoms with van der Waals surface area (Å²) in [6, 6.07) is 19.3. The Morgan fingerprint density at radius 1 is 0.970 bits per heavy atom. The molecule has 168 valence electrons. The highest BCUT2D eigenvalue weighted by Crippen LogP contribution is 2.32. The van der Waals surface area contributed by atoms with Crippen molar-refractivity contribution in [3.63, 3.8) is 0 Å². The quantitative estimate of drug-likeness (QED) is 0.415. The Labute approximate surface area is 188 Å². The number of anilines is 1. The van der Waals surface area contributed by atoms with E-state index >= 15 is 0 Å². The number of halogens is 1. The van der Waals surface area contributed by atoms with E-state index in [4.69, 9.17) is 9.47 Å². The van der Waals surface area contributed by atoms with Gasteiger partial charge in [-0.1, -0.05) is 36.4 Å². The molecule has 0 bridgehead atoms. The highest BCUT2D eigenvalue weighted by atomic mass is 19.1. The first-order valence-electron chi connectivity index (χ1n) is 10.1. The fourth-order valence-corrected chi connectivity index (χ4v) is 3.28. The van der Waals surface area contributed by atoms with E-state index in [1.807, 2.05) is 18.2 Å². The molecule has 0 saturated heterocycles. The summed E-state index contributed by atoms with van der Waals surface area (Å²) in [5, 5.41) is 7.37. The van der Waals surface area contributed by atoms with Gasteiger partial charge in [0.05, 0.1) is 12.8 Å². The summed E-state index contributed by atoms with van der Waals surface area (Å²) in [4.78, 5) is 27.6. The van der Waals surface area contributed by atoms with Gasteiger partial charge in [-0.05, 0) is 53.7 Å². The molecule has 1 aromatic heterocycles. The maximum absolute atomic E-state index is 14.4. The molecule has 3 aromatic carbocycles. The average molecular weight is 449 g/mol. The van der Waals surface area contributed by atoms with Gasteiger partial charge in [0.25, 0.3) is 0 Å². The standard InChI is InChI=1S/C23H20FN5O4/c1-3-27(18-13-7-8-14-19(18)33-16-10-5-4-6-11-16)22(30)29-23(31)28(25-26-29)21-17(24)12-9-15-20(21)32-2/h4-15H,3H2,1-2H3. The van der Waals surface area contributed by atoms with Gasteiger partial charge in [-0.2, -0.15) is 4.68 Å². The molecule has 0 atom stereocenters. The second-order valence-corrected chi connectivity index (χ2v) is 6.79. The van der Waals surface area contributed by atoms with Crippen molar-refractivity contribution >= 4 is 11.7 Å². The van der Waals surface area contributed by atoms with Crippen LogP contribution in [0.15, 0.2) is 77.6 Å². The van der Waals surface area contributed by atoms with Crippen LogP contribution in [0.5, 0.6) is 17.2 Å². The fourth-order valence-electron chi connectivity index (χ4n) is 3.28. The molecule has 10 heteroatoms. The summed E-state index contributed by atoms with van der Waals surface area (Å²) in [5.74, 6) is 0.328. The van der Waals surface area contributed by atoms with E-state index in [1.165, 1.54) is 24.1 Å². The molecule has 0 fully saturated rings. The molecule has 9 nitrogen and oxygen atoms in total. The largest absolute Gasteiger partial charge is 0.494 e. The van der Waals surface area contributed by atoms with Crippen molar-refractivity contribution < 1.29 is 18.7 Å². The van der Waals surface area contributed by atoms with Gasteiger partial charge < -0.3 is 9.47 Å². The number of hydrogen-bond acceptors (Lipinski definition) is 6. The Hall–Kier alpha value is -4.47. The number of aromatic nitrogens is 4. The van der Waals surface area contributed by atoms with Crippen LogP contribution >= 0.6 is 0 Å². The molecule has 0 aliphatic heterocycles. The summed E-state index contributed by atoms with van der Waals surface area (Å²) in [6.45, 7) is 1.95. The zero-order valence-corrected chi connectivity index (χ0v) is 17.9. The third-order valence-corrected chi connectivity index (χ3v) is 4.82. The molecule has 0 aliphatic carbocycles. The first-order chi connectivity index (χ1) is 16.0. The van der Waals surface area contributed by atoms with E-state index in [9.17, 15) is 14.0 Å². The number of carbonyl (C=O) groups excluding carboxylic acids is 1. The van der Waals surface area contributed by atoms with E-state index in [0.717, 1.165) is 6.07 Å². The van der Waals surface area contributed by atoms with Crippen molar-refractivity contribution in [3.05, 3.63) is 89.1 Å². The van der Waals surface area contributed by atoms with Gasteiger partial charge in [0.15, 0.2) is 11.6 Å². The van der Waals surface area contributed by atoms with Crippen molar-refractivity contribution in [1.29, 1.82) is 0 Å². The van der Waals surface area contributed by atoms with Gasteiger partial charge in [-0.3, -0.25) is 4.90 Å². The first-order valence-corrected chi connectivity index (χ1v) is 10.1. The molecule has 4 aromatic rings. The van der Waals surface area contributed by atoms with Gasteiger partial charge in [0.2, 0.25) is 0 Å². The number of amides is 1. The molecule has 1 amide bonds. The number of carbonyl (C=O) groups is 1. The number of rotatable bonds is 6. The predicted molar refractivity (Wildman–Crippen MR) is 119 cm³/mol. The maximum Gasteiger partial charge on any atom is 0.377 e. The Morgan fingerprint density at radius 2 is 1.67 bits per heavy atom. The van der Waals surface area contributed by atoms with Crippen LogP contribution in [0.4, 0.5) is 14.9 Å². The molecule has 0 saturated carbocycles. The lowest BCUT2D eigenvalue weighted by Gasteiger charge is -2.22. The van der Waals surface area contributed by atoms with Crippen LogP contribution in [0.25, 0.3) is 5.69 Å². The maximum atomic E-state index is 14.4. The number of nitrogens with zero attached hydrogens (tertiary/aromatic N) is 5. The average Bonchev–Trinajstić information content (AvgIpc) is 3.21. The van der Waals surface area contributed by atoms with Crippen molar-refractivity contribution in [2.24, 2.45) is 0 Å². The van der Waals surface area contributed by atoms with Crippen LogP contribution in [0, 0.1) is 5.82 Å². The Balaban J connectivity index is 1.72. The highest BCUT2D eigenvalue weighted by Gasteiger charge is 2.26. The van der Waals surface area contributed by atoms with Gasteiger partial charge in [0, 0.05) is 6.54 Å². The third kappa shape index (κ3) is 4.18. The van der Waals surface area contributed by atoms with Gasteiger partial charge in [-0.15, -0.1) is 4.68 Å². The molecular weight excluding hydrogens is 429 g/mol. The molecule has 0 unspecified atom stereocenters. The van der Waals surface area contributed by atoms with E-state index < -0.39 is 17.5 Å². The van der Waals surface area contributed by atoms with Crippen LogP contribution in [0.3, 0.4) is 0 Å². The SMILES string of the molecule is CCN(C(=O)n1nnn(-c2c(F)cccc2OC)c1=O)c1ccccc1Oc1ccccc1. The number of benzene rings is 3. The smallest absolute Gasteiger partial charge is 0.377 e. The van der Waals surface area contributed by atoms with Crippen LogP contribution < -0.4 is 20.1 Å². The molecule has 0 spiro atoms. The van der Waals surface area contributed by atoms with Crippen LogP contribution in [-0.4, -0.2) is 39.5 Å². The van der Waals surface area contributed by atoms with Crippen molar-refractivity contribution in [2.75, 3.05) is 18.6 Å². The van der Waals surface area contributed by atoms with Crippen molar-refractivity contribution in [3.8, 4) is 22.9 Å². The van der Waals surface area contributed by atoms with Crippen molar-refractivity contribution in [1.82, 2.24) is 19.8 Å². The molecule has 0 radical (unpaired) electrons. The van der Waals surface area contributed by atoms with E-state index in [-0.39, 0.29) is 18.0 Å². The third-order valence-electron chi connectivity index (χ3n) is 4.82. The van der Waals surface area contributed by atoms with Gasteiger partial charge >= 0.3 is 11.7 Å². The monoisotopic (exact) mass is 449 g/mol. The molecule has 33 heavy (non-hydrogen) atoms. The Bertz CT molecular complexity index is 1340. The number of methoxy groups -OCH3 is 1. The van der Waals surface area contributed by atoms with Crippen LogP contribution in [-0.2, 0) is 0 Å². The fraction of sp³-hybridized carbons (Fsp3) is 0.130. The number of ether oxygens (including phenoxy) is 2. The number of para-hydroxylation sites is 4. The van der Waals surface area contributed by atoms with Crippen molar-refractivity contribution in [2.45, 2.75) is 6.92 Å². The minimum Gasteiger partial charge on any atom is -0.494 e. The summed E-state index contributed by atoms with van der Waals surface area (Å²) >= 11 is 0. The lowest BCUT2D eigenvalue weighted by molar-refractivity contribution is 0.244. The van der Waals surface area contributed by atoms with Gasteiger partial charge in [0.1, 0.15) is 17.2 Å². The molecular formula is C23H20FN5O4. The summed E-state index contributed by atoms with van der Waals surface area (Å²) < 4.78 is 26.8. The molecule has 0 aliphatic rings. The number of tetrazole rings is 1. The Kier molecular flexibility index (Phi) is 6.16. The zero-order valence-electron chi connectivity index (χ0n) is 17.9. The topological polar surface area (TPSA) is 91.5 Å². The predicted octanol–water partition coefficient (Wildman–Crippen LogP) is 3.86. The van der Waals surface area contributed by atoms with E-state index in [0.29, 0.717) is 26.6 Å². The lowest BCUT2D eigenvalue weighted by Crippen LogP contribution is -2.41. The highest BCUT2D eigenvalue weighted by molar-refractivity contribution is 5.94. The van der Waals surface area contributed by atoms with Crippen LogP contribution in [0.2, 0.25) is 0 Å². The summed E-state index contributed by atoms with van der Waals surface area (Å²) in [6.07, 6.45) is 0. The second-order valence-electron chi connectivity index (χ2n) is 6.79. The first kappa shape index (κ1) is 21.8. The van der Waals surface area contributed by atoms with E-state index in [2.05, 4.69) is 10.4 Å². The minimum absolute atomic E-state index is 0.0746. The second kappa shape index (κ2) is 9.35. The lowest BCUT2D eigenvalue weighted by atomic mass is 10.2.